The zero-order valence-corrected chi connectivity index (χ0v) is 8.07. The molecule has 13 heavy (non-hydrogen) atoms. The zero-order chi connectivity index (χ0) is 9.42. The normalized spacial score (nSPS) is 36.1. The second kappa shape index (κ2) is 3.29. The van der Waals surface area contributed by atoms with Crippen LogP contribution in [0.3, 0.4) is 0 Å². The Morgan fingerprint density at radius 1 is 1.38 bits per heavy atom. The lowest BCUT2D eigenvalue weighted by atomic mass is 9.89. The number of nitrogens with zero attached hydrogens (tertiary/aromatic N) is 1. The van der Waals surface area contributed by atoms with Gasteiger partial charge in [0.1, 0.15) is 0 Å². The molecule has 1 heterocycles. The molecule has 3 heteroatoms. The lowest BCUT2D eigenvalue weighted by Gasteiger charge is -2.35. The van der Waals surface area contributed by atoms with Crippen molar-refractivity contribution in [1.82, 2.24) is 4.90 Å². The molecule has 1 aliphatic carbocycles. The first-order valence-corrected chi connectivity index (χ1v) is 5.11. The molecule has 1 N–H and O–H groups in total. The van der Waals surface area contributed by atoms with Crippen molar-refractivity contribution in [3.63, 3.8) is 0 Å². The van der Waals surface area contributed by atoms with Crippen LogP contribution in [0.25, 0.3) is 0 Å². The first-order chi connectivity index (χ1) is 6.18. The molecule has 2 atom stereocenters. The van der Waals surface area contributed by atoms with Gasteiger partial charge in [0, 0.05) is 6.04 Å². The highest BCUT2D eigenvalue weighted by Crippen LogP contribution is 2.40. The van der Waals surface area contributed by atoms with Crippen LogP contribution in [-0.4, -0.2) is 35.6 Å². The molecule has 0 aromatic carbocycles. The molecule has 3 nitrogen and oxygen atoms in total. The summed E-state index contributed by atoms with van der Waals surface area (Å²) in [5.41, 5.74) is 0. The van der Waals surface area contributed by atoms with Gasteiger partial charge >= 0.3 is 5.97 Å². The van der Waals surface area contributed by atoms with Crippen LogP contribution in [0.4, 0.5) is 0 Å². The molecule has 2 aliphatic rings. The minimum atomic E-state index is -0.598. The standard InChI is InChI=1S/C10H17NO2/c1-11-5-4-8(10(12)13)6-9(11)7-2-3-7/h7-9H,2-6H2,1H3,(H,12,13). The number of carbonyl (C=O) groups is 1. The van der Waals surface area contributed by atoms with Crippen LogP contribution in [-0.2, 0) is 4.79 Å². The SMILES string of the molecule is CN1CCC(C(=O)O)CC1C1CC1. The lowest BCUT2D eigenvalue weighted by molar-refractivity contribution is -0.144. The molecule has 0 amide bonds. The van der Waals surface area contributed by atoms with Crippen LogP contribution in [0.15, 0.2) is 0 Å². The molecule has 0 spiro atoms. The Morgan fingerprint density at radius 2 is 2.08 bits per heavy atom. The Bertz CT molecular complexity index is 213. The van der Waals surface area contributed by atoms with Crippen molar-refractivity contribution in [2.75, 3.05) is 13.6 Å². The highest BCUT2D eigenvalue weighted by molar-refractivity contribution is 5.70. The summed E-state index contributed by atoms with van der Waals surface area (Å²) in [6, 6.07) is 0.551. The molecule has 0 aromatic heterocycles. The first kappa shape index (κ1) is 9.00. The number of carboxylic acids is 1. The average Bonchev–Trinajstić information content (AvgIpc) is 2.87. The maximum absolute atomic E-state index is 10.8. The third-order valence-electron chi connectivity index (χ3n) is 3.44. The fraction of sp³-hybridized carbons (Fsp3) is 0.900. The van der Waals surface area contributed by atoms with Gasteiger partial charge in [-0.05, 0) is 45.2 Å². The van der Waals surface area contributed by atoms with E-state index in [0.29, 0.717) is 6.04 Å². The van der Waals surface area contributed by atoms with E-state index in [2.05, 4.69) is 11.9 Å². The fourth-order valence-electron chi connectivity index (χ4n) is 2.37. The molecule has 1 saturated carbocycles. The van der Waals surface area contributed by atoms with Crippen molar-refractivity contribution in [1.29, 1.82) is 0 Å². The topological polar surface area (TPSA) is 40.5 Å². The molecule has 2 rings (SSSR count). The van der Waals surface area contributed by atoms with E-state index in [9.17, 15) is 4.79 Å². The lowest BCUT2D eigenvalue weighted by Crippen LogP contribution is -2.43. The molecular formula is C10H17NO2. The second-order valence-corrected chi connectivity index (χ2v) is 4.44. The van der Waals surface area contributed by atoms with E-state index in [1.165, 1.54) is 12.8 Å². The first-order valence-electron chi connectivity index (χ1n) is 5.11. The molecule has 2 fully saturated rings. The minimum Gasteiger partial charge on any atom is -0.481 e. The maximum Gasteiger partial charge on any atom is 0.306 e. The summed E-state index contributed by atoms with van der Waals surface area (Å²) in [6.07, 6.45) is 4.31. The average molecular weight is 183 g/mol. The Hall–Kier alpha value is -0.570. The number of hydrogen-bond donors (Lipinski definition) is 1. The smallest absolute Gasteiger partial charge is 0.306 e. The molecule has 0 bridgehead atoms. The van der Waals surface area contributed by atoms with E-state index in [1.54, 1.807) is 0 Å². The Kier molecular flexibility index (Phi) is 2.28. The molecule has 1 aliphatic heterocycles. The van der Waals surface area contributed by atoms with E-state index >= 15 is 0 Å². The molecular weight excluding hydrogens is 166 g/mol. The highest BCUT2D eigenvalue weighted by atomic mass is 16.4. The summed E-state index contributed by atoms with van der Waals surface area (Å²) in [5.74, 6) is 0.118. The van der Waals surface area contributed by atoms with E-state index in [0.717, 1.165) is 25.3 Å². The molecule has 0 radical (unpaired) electrons. The number of aliphatic carboxylic acids is 1. The van der Waals surface area contributed by atoms with Crippen molar-refractivity contribution in [2.45, 2.75) is 31.7 Å². The van der Waals surface area contributed by atoms with Gasteiger partial charge in [0.2, 0.25) is 0 Å². The van der Waals surface area contributed by atoms with Crippen LogP contribution in [0.2, 0.25) is 0 Å². The number of hydrogen-bond acceptors (Lipinski definition) is 2. The summed E-state index contributed by atoms with van der Waals surface area (Å²) in [6.45, 7) is 0.956. The van der Waals surface area contributed by atoms with Gasteiger partial charge in [-0.25, -0.2) is 0 Å². The van der Waals surface area contributed by atoms with Gasteiger partial charge in [-0.1, -0.05) is 0 Å². The Morgan fingerprint density at radius 3 is 2.62 bits per heavy atom. The van der Waals surface area contributed by atoms with Crippen molar-refractivity contribution in [3.05, 3.63) is 0 Å². The zero-order valence-electron chi connectivity index (χ0n) is 8.07. The predicted molar refractivity (Wildman–Crippen MR) is 49.5 cm³/mol. The summed E-state index contributed by atoms with van der Waals surface area (Å²) in [4.78, 5) is 13.2. The van der Waals surface area contributed by atoms with Gasteiger partial charge < -0.3 is 10.0 Å². The summed E-state index contributed by atoms with van der Waals surface area (Å²) < 4.78 is 0. The van der Waals surface area contributed by atoms with Crippen LogP contribution in [0, 0.1) is 11.8 Å². The molecule has 2 unspecified atom stereocenters. The number of piperidine rings is 1. The van der Waals surface area contributed by atoms with Crippen molar-refractivity contribution in [2.24, 2.45) is 11.8 Å². The van der Waals surface area contributed by atoms with E-state index in [-0.39, 0.29) is 5.92 Å². The molecule has 1 saturated heterocycles. The monoisotopic (exact) mass is 183 g/mol. The van der Waals surface area contributed by atoms with Gasteiger partial charge in [-0.15, -0.1) is 0 Å². The van der Waals surface area contributed by atoms with Crippen molar-refractivity contribution in [3.8, 4) is 0 Å². The number of carboxylic acid groups (broad SMARTS) is 1. The maximum atomic E-state index is 10.8. The van der Waals surface area contributed by atoms with Gasteiger partial charge in [0.05, 0.1) is 5.92 Å². The van der Waals surface area contributed by atoms with E-state index < -0.39 is 5.97 Å². The van der Waals surface area contributed by atoms with E-state index in [1.807, 2.05) is 0 Å². The minimum absolute atomic E-state index is 0.0817. The van der Waals surface area contributed by atoms with Gasteiger partial charge in [-0.2, -0.15) is 0 Å². The summed E-state index contributed by atoms with van der Waals surface area (Å²) in [5, 5.41) is 8.93. The Labute approximate surface area is 78.7 Å². The van der Waals surface area contributed by atoms with Crippen LogP contribution in [0.5, 0.6) is 0 Å². The van der Waals surface area contributed by atoms with Gasteiger partial charge in [0.25, 0.3) is 0 Å². The largest absolute Gasteiger partial charge is 0.481 e. The van der Waals surface area contributed by atoms with Crippen LogP contribution < -0.4 is 0 Å². The number of rotatable bonds is 2. The van der Waals surface area contributed by atoms with Gasteiger partial charge in [-0.3, -0.25) is 4.79 Å². The summed E-state index contributed by atoms with van der Waals surface area (Å²) >= 11 is 0. The predicted octanol–water partition coefficient (Wildman–Crippen LogP) is 1.19. The molecule has 74 valence electrons. The molecule has 0 aromatic rings. The van der Waals surface area contributed by atoms with Crippen LogP contribution >= 0.6 is 0 Å². The fourth-order valence-corrected chi connectivity index (χ4v) is 2.37. The van der Waals surface area contributed by atoms with Crippen molar-refractivity contribution >= 4 is 5.97 Å². The third kappa shape index (κ3) is 1.85. The quantitative estimate of drug-likeness (QED) is 0.699. The third-order valence-corrected chi connectivity index (χ3v) is 3.44. The Balaban J connectivity index is 1.96. The highest BCUT2D eigenvalue weighted by Gasteiger charge is 2.39. The van der Waals surface area contributed by atoms with Gasteiger partial charge in [0.15, 0.2) is 0 Å². The number of likely N-dealkylation sites (tertiary alicyclic amines) is 1. The second-order valence-electron chi connectivity index (χ2n) is 4.44. The van der Waals surface area contributed by atoms with Crippen molar-refractivity contribution < 1.29 is 9.90 Å². The van der Waals surface area contributed by atoms with E-state index in [4.69, 9.17) is 5.11 Å². The summed E-state index contributed by atoms with van der Waals surface area (Å²) in [7, 11) is 2.13. The van der Waals surface area contributed by atoms with Crippen LogP contribution in [0.1, 0.15) is 25.7 Å².